The van der Waals surface area contributed by atoms with Crippen LogP contribution in [0, 0.1) is 0 Å². The molecule has 16 heavy (non-hydrogen) atoms. The van der Waals surface area contributed by atoms with Crippen LogP contribution in [0.25, 0.3) is 0 Å². The van der Waals surface area contributed by atoms with E-state index in [0.717, 1.165) is 0 Å². The van der Waals surface area contributed by atoms with E-state index in [9.17, 15) is 4.79 Å². The highest BCUT2D eigenvalue weighted by Gasteiger charge is 2.48. The Bertz CT molecular complexity index is 289. The van der Waals surface area contributed by atoms with E-state index < -0.39 is 13.9 Å². The zero-order chi connectivity index (χ0) is 12.8. The van der Waals surface area contributed by atoms with Crippen LogP contribution in [0.1, 0.15) is 34.6 Å². The van der Waals surface area contributed by atoms with Crippen molar-refractivity contribution in [1.29, 1.82) is 0 Å². The predicted octanol–water partition coefficient (Wildman–Crippen LogP) is 2.75. The minimum Gasteiger partial charge on any atom is -0.347 e. The molecule has 0 aromatic heterocycles. The van der Waals surface area contributed by atoms with E-state index in [1.807, 2.05) is 13.8 Å². The second-order valence-electron chi connectivity index (χ2n) is 6.56. The molecule has 1 aliphatic heterocycles. The van der Waals surface area contributed by atoms with E-state index in [1.165, 1.54) is 0 Å². The fraction of sp³-hybridized carbons (Fsp3) is 0.917. The van der Waals surface area contributed by atoms with Crippen LogP contribution in [0.5, 0.6) is 0 Å². The molecule has 1 aliphatic rings. The van der Waals surface area contributed by atoms with Gasteiger partial charge in [0.05, 0.1) is 6.61 Å². The minimum atomic E-state index is -1.98. The summed E-state index contributed by atoms with van der Waals surface area (Å²) in [4.78, 5) is 12.5. The van der Waals surface area contributed by atoms with Crippen LogP contribution in [0.3, 0.4) is 0 Å². The molecule has 0 N–H and O–H groups in total. The molecular formula is C12H24O3Si. The van der Waals surface area contributed by atoms with Gasteiger partial charge in [0.2, 0.25) is 0 Å². The Hall–Kier alpha value is -0.193. The van der Waals surface area contributed by atoms with Crippen molar-refractivity contribution in [2.75, 3.05) is 6.61 Å². The summed E-state index contributed by atoms with van der Waals surface area (Å²) in [5, 5.41) is 0.325. The molecule has 94 valence electrons. The van der Waals surface area contributed by atoms with Gasteiger partial charge in [0.1, 0.15) is 19.6 Å². The molecule has 0 unspecified atom stereocenters. The Labute approximate surface area is 99.5 Å². The largest absolute Gasteiger partial charge is 0.347 e. The standard InChI is InChI=1S/C12H24O3Si/c1-11(2,3)16(6,7)10(13)9-8-14-12(4,5)15-9/h9H,8H2,1-7H3/t9-/m0/s1. The molecule has 1 saturated heterocycles. The first kappa shape index (κ1) is 13.9. The Morgan fingerprint density at radius 1 is 1.31 bits per heavy atom. The normalized spacial score (nSPS) is 25.8. The fourth-order valence-electron chi connectivity index (χ4n) is 1.59. The molecule has 0 aromatic rings. The molecule has 0 bridgehead atoms. The van der Waals surface area contributed by atoms with Gasteiger partial charge in [-0.2, -0.15) is 0 Å². The highest BCUT2D eigenvalue weighted by molar-refractivity contribution is 7.06. The predicted molar refractivity (Wildman–Crippen MR) is 67.1 cm³/mol. The number of hydrogen-bond acceptors (Lipinski definition) is 3. The Morgan fingerprint density at radius 2 is 1.81 bits per heavy atom. The first-order chi connectivity index (χ1) is 6.97. The van der Waals surface area contributed by atoms with Gasteiger partial charge in [-0.05, 0) is 18.9 Å². The maximum absolute atomic E-state index is 12.5. The lowest BCUT2D eigenvalue weighted by molar-refractivity contribution is -0.148. The van der Waals surface area contributed by atoms with E-state index in [1.54, 1.807) is 0 Å². The maximum Gasteiger partial charge on any atom is 0.163 e. The monoisotopic (exact) mass is 244 g/mol. The SMILES string of the molecule is CC1(C)OC[C@@H](C(=O)[Si](C)(C)C(C)(C)C)O1. The molecule has 1 fully saturated rings. The molecule has 0 aromatic carbocycles. The topological polar surface area (TPSA) is 35.5 Å². The van der Waals surface area contributed by atoms with E-state index >= 15 is 0 Å². The Kier molecular flexibility index (Phi) is 3.41. The van der Waals surface area contributed by atoms with E-state index in [2.05, 4.69) is 33.9 Å². The number of carbonyl (C=O) groups excluding carboxylic acids is 1. The van der Waals surface area contributed by atoms with Crippen LogP contribution in [0.4, 0.5) is 0 Å². The summed E-state index contributed by atoms with van der Waals surface area (Å²) in [5.41, 5.74) is 0. The van der Waals surface area contributed by atoms with Gasteiger partial charge in [-0.25, -0.2) is 0 Å². The Balaban J connectivity index is 2.81. The van der Waals surface area contributed by atoms with Gasteiger partial charge in [0.25, 0.3) is 0 Å². The van der Waals surface area contributed by atoms with Crippen molar-refractivity contribution in [3.05, 3.63) is 0 Å². The average molecular weight is 244 g/mol. The van der Waals surface area contributed by atoms with E-state index in [0.29, 0.717) is 6.61 Å². The van der Waals surface area contributed by atoms with Gasteiger partial charge in [-0.3, -0.25) is 0 Å². The first-order valence-electron chi connectivity index (χ1n) is 5.83. The van der Waals surface area contributed by atoms with Gasteiger partial charge in [-0.15, -0.1) is 0 Å². The zero-order valence-corrected chi connectivity index (χ0v) is 12.5. The second kappa shape index (κ2) is 3.93. The van der Waals surface area contributed by atoms with Crippen LogP contribution >= 0.6 is 0 Å². The zero-order valence-electron chi connectivity index (χ0n) is 11.5. The summed E-state index contributed by atoms with van der Waals surface area (Å²) in [6.45, 7) is 14.7. The third-order valence-electron chi connectivity index (χ3n) is 3.79. The number of ether oxygens (including phenoxy) is 2. The van der Waals surface area contributed by atoms with E-state index in [-0.39, 0.29) is 16.5 Å². The van der Waals surface area contributed by atoms with Crippen LogP contribution < -0.4 is 0 Å². The second-order valence-corrected chi connectivity index (χ2v) is 11.8. The molecule has 4 heteroatoms. The summed E-state index contributed by atoms with van der Waals surface area (Å²) in [6, 6.07) is 0. The van der Waals surface area contributed by atoms with Crippen LogP contribution in [0.15, 0.2) is 0 Å². The van der Waals surface area contributed by atoms with Crippen molar-refractivity contribution in [1.82, 2.24) is 0 Å². The van der Waals surface area contributed by atoms with Crippen molar-refractivity contribution in [3.8, 4) is 0 Å². The summed E-state index contributed by atoms with van der Waals surface area (Å²) >= 11 is 0. The van der Waals surface area contributed by atoms with Gasteiger partial charge >= 0.3 is 0 Å². The number of carbonyl (C=O) groups is 1. The summed E-state index contributed by atoms with van der Waals surface area (Å²) < 4.78 is 11.1. The molecular weight excluding hydrogens is 220 g/mol. The van der Waals surface area contributed by atoms with Crippen LogP contribution in [0.2, 0.25) is 18.1 Å². The van der Waals surface area contributed by atoms with Gasteiger partial charge < -0.3 is 14.3 Å². The molecule has 0 spiro atoms. The third-order valence-corrected chi connectivity index (χ3v) is 9.10. The van der Waals surface area contributed by atoms with Crippen molar-refractivity contribution in [2.45, 2.75) is 64.6 Å². The van der Waals surface area contributed by atoms with Crippen LogP contribution in [-0.2, 0) is 14.3 Å². The summed E-state index contributed by atoms with van der Waals surface area (Å²) in [6.07, 6.45) is -0.365. The van der Waals surface area contributed by atoms with Crippen molar-refractivity contribution in [2.24, 2.45) is 0 Å². The fourth-order valence-corrected chi connectivity index (χ4v) is 3.27. The smallest absolute Gasteiger partial charge is 0.163 e. The molecule has 3 nitrogen and oxygen atoms in total. The molecule has 1 heterocycles. The molecule has 0 amide bonds. The highest BCUT2D eigenvalue weighted by Crippen LogP contribution is 2.38. The molecule has 0 aliphatic carbocycles. The van der Waals surface area contributed by atoms with Crippen molar-refractivity contribution in [3.63, 3.8) is 0 Å². The van der Waals surface area contributed by atoms with E-state index in [4.69, 9.17) is 9.47 Å². The third kappa shape index (κ3) is 2.55. The van der Waals surface area contributed by atoms with Gasteiger partial charge in [-0.1, -0.05) is 33.9 Å². The number of rotatable bonds is 2. The molecule has 1 atom stereocenters. The summed E-state index contributed by atoms with van der Waals surface area (Å²) in [7, 11) is -1.98. The quantitative estimate of drug-likeness (QED) is 0.701. The molecule has 0 saturated carbocycles. The van der Waals surface area contributed by atoms with Crippen molar-refractivity contribution < 1.29 is 14.3 Å². The lowest BCUT2D eigenvalue weighted by Crippen LogP contribution is -2.52. The first-order valence-corrected chi connectivity index (χ1v) is 8.83. The Morgan fingerprint density at radius 3 is 2.12 bits per heavy atom. The number of hydrogen-bond donors (Lipinski definition) is 0. The lowest BCUT2D eigenvalue weighted by Gasteiger charge is -2.36. The summed E-state index contributed by atoms with van der Waals surface area (Å²) in [5.74, 6) is -0.608. The lowest BCUT2D eigenvalue weighted by atomic mass is 10.2. The van der Waals surface area contributed by atoms with Crippen molar-refractivity contribution >= 4 is 13.5 Å². The van der Waals surface area contributed by atoms with Crippen LogP contribution in [-0.4, -0.2) is 32.0 Å². The highest BCUT2D eigenvalue weighted by atomic mass is 28.3. The minimum absolute atomic E-state index is 0.0557. The average Bonchev–Trinajstić information content (AvgIpc) is 2.42. The molecule has 0 radical (unpaired) electrons. The van der Waals surface area contributed by atoms with Gasteiger partial charge in [0.15, 0.2) is 5.79 Å². The maximum atomic E-state index is 12.5. The van der Waals surface area contributed by atoms with Gasteiger partial charge in [0, 0.05) is 0 Å². The molecule has 1 rings (SSSR count).